The lowest BCUT2D eigenvalue weighted by atomic mass is 9.64. The second-order valence-corrected chi connectivity index (χ2v) is 6.14. The first-order valence-electron chi connectivity index (χ1n) is 7.51. The molecule has 0 N–H and O–H groups in total. The summed E-state index contributed by atoms with van der Waals surface area (Å²) in [4.78, 5) is 0. The van der Waals surface area contributed by atoms with E-state index in [9.17, 15) is 0 Å². The van der Waals surface area contributed by atoms with Crippen molar-refractivity contribution in [2.45, 2.75) is 86.5 Å². The molecule has 0 aliphatic heterocycles. The summed E-state index contributed by atoms with van der Waals surface area (Å²) in [6, 6.07) is 0. The van der Waals surface area contributed by atoms with Crippen molar-refractivity contribution in [2.24, 2.45) is 17.3 Å². The first kappa shape index (κ1) is 16.0. The van der Waals surface area contributed by atoms with Crippen LogP contribution in [-0.4, -0.2) is 0 Å². The average Bonchev–Trinajstić information content (AvgIpc) is 2.29. The molecule has 0 bridgehead atoms. The molecule has 1 aliphatic rings. The maximum Gasteiger partial charge on any atom is -0.0326 e. The zero-order valence-corrected chi connectivity index (χ0v) is 12.6. The van der Waals surface area contributed by atoms with Crippen LogP contribution in [0.3, 0.4) is 0 Å². The smallest absolute Gasteiger partial charge is 0.0326 e. The zero-order chi connectivity index (χ0) is 12.6. The van der Waals surface area contributed by atoms with Gasteiger partial charge < -0.3 is 0 Å². The van der Waals surface area contributed by atoms with Crippen LogP contribution < -0.4 is 0 Å². The first-order valence-corrected chi connectivity index (χ1v) is 7.51. The minimum Gasteiger partial charge on any atom is -0.0654 e. The number of hydrogen-bond donors (Lipinski definition) is 0. The third-order valence-corrected chi connectivity index (χ3v) is 4.49. The molecular formula is C16H34. The molecule has 98 valence electrons. The molecule has 1 saturated carbocycles. The van der Waals surface area contributed by atoms with Crippen LogP contribution in [0.2, 0.25) is 0 Å². The van der Waals surface area contributed by atoms with Crippen molar-refractivity contribution in [3.63, 3.8) is 0 Å². The van der Waals surface area contributed by atoms with Crippen molar-refractivity contribution in [2.75, 3.05) is 0 Å². The van der Waals surface area contributed by atoms with E-state index >= 15 is 0 Å². The predicted molar refractivity (Wildman–Crippen MR) is 75.8 cm³/mol. The molecule has 0 aromatic carbocycles. The Hall–Kier alpha value is 0. The standard InChI is InChI=1S/C12H24.C4H10/c1-5-10-7-8-12(3,4)11(6-2)9-10;1-3-4-2/h10-11H,5-9H2,1-4H3;3-4H2,1-2H3. The van der Waals surface area contributed by atoms with Gasteiger partial charge in [-0.3, -0.25) is 0 Å². The Morgan fingerprint density at radius 3 is 1.88 bits per heavy atom. The molecule has 1 fully saturated rings. The van der Waals surface area contributed by atoms with Crippen LogP contribution in [0.4, 0.5) is 0 Å². The topological polar surface area (TPSA) is 0 Å². The van der Waals surface area contributed by atoms with Gasteiger partial charge in [0.1, 0.15) is 0 Å². The highest BCUT2D eigenvalue weighted by Gasteiger charge is 2.34. The molecule has 0 heterocycles. The number of hydrogen-bond acceptors (Lipinski definition) is 0. The van der Waals surface area contributed by atoms with E-state index < -0.39 is 0 Å². The second-order valence-electron chi connectivity index (χ2n) is 6.14. The lowest BCUT2D eigenvalue weighted by Gasteiger charge is -2.41. The summed E-state index contributed by atoms with van der Waals surface area (Å²) in [7, 11) is 0. The molecular weight excluding hydrogens is 192 g/mol. The highest BCUT2D eigenvalue weighted by atomic mass is 14.4. The predicted octanol–water partition coefficient (Wildman–Crippen LogP) is 6.06. The maximum absolute atomic E-state index is 2.45. The molecule has 2 atom stereocenters. The van der Waals surface area contributed by atoms with E-state index in [4.69, 9.17) is 0 Å². The van der Waals surface area contributed by atoms with E-state index in [0.29, 0.717) is 5.41 Å². The molecule has 0 amide bonds. The Morgan fingerprint density at radius 1 is 0.938 bits per heavy atom. The van der Waals surface area contributed by atoms with Gasteiger partial charge in [0, 0.05) is 0 Å². The Bertz CT molecular complexity index is 155. The Kier molecular flexibility index (Phi) is 8.14. The summed E-state index contributed by atoms with van der Waals surface area (Å²) in [5.41, 5.74) is 0.625. The molecule has 16 heavy (non-hydrogen) atoms. The van der Waals surface area contributed by atoms with Gasteiger partial charge in [0.2, 0.25) is 0 Å². The van der Waals surface area contributed by atoms with Crippen LogP contribution in [0.1, 0.15) is 86.5 Å². The fourth-order valence-corrected chi connectivity index (χ4v) is 2.71. The van der Waals surface area contributed by atoms with Gasteiger partial charge in [-0.15, -0.1) is 0 Å². The molecule has 0 aromatic heterocycles. The molecule has 0 spiro atoms. The van der Waals surface area contributed by atoms with E-state index in [1.165, 1.54) is 44.9 Å². The number of unbranched alkanes of at least 4 members (excludes halogenated alkanes) is 1. The lowest BCUT2D eigenvalue weighted by Crippen LogP contribution is -2.31. The third kappa shape index (κ3) is 5.37. The van der Waals surface area contributed by atoms with Gasteiger partial charge in [0.05, 0.1) is 0 Å². The zero-order valence-electron chi connectivity index (χ0n) is 12.6. The lowest BCUT2D eigenvalue weighted by molar-refractivity contribution is 0.0932. The fourth-order valence-electron chi connectivity index (χ4n) is 2.71. The summed E-state index contributed by atoms with van der Waals surface area (Å²) in [5, 5.41) is 0. The normalized spacial score (nSPS) is 28.1. The minimum atomic E-state index is 0.625. The Balaban J connectivity index is 0.000000487. The van der Waals surface area contributed by atoms with Gasteiger partial charge in [0.25, 0.3) is 0 Å². The highest BCUT2D eigenvalue weighted by molar-refractivity contribution is 4.84. The second kappa shape index (κ2) is 8.14. The molecule has 2 unspecified atom stereocenters. The van der Waals surface area contributed by atoms with Crippen LogP contribution in [0.5, 0.6) is 0 Å². The van der Waals surface area contributed by atoms with Gasteiger partial charge in [0.15, 0.2) is 0 Å². The summed E-state index contributed by atoms with van der Waals surface area (Å²) in [6.07, 6.45) is 9.82. The third-order valence-electron chi connectivity index (χ3n) is 4.49. The van der Waals surface area contributed by atoms with E-state index in [2.05, 4.69) is 41.5 Å². The maximum atomic E-state index is 2.45. The van der Waals surface area contributed by atoms with E-state index in [1.807, 2.05) is 0 Å². The average molecular weight is 226 g/mol. The van der Waals surface area contributed by atoms with E-state index in [1.54, 1.807) is 0 Å². The van der Waals surface area contributed by atoms with Crippen molar-refractivity contribution in [3.8, 4) is 0 Å². The Labute approximate surface area is 104 Å². The molecule has 0 heteroatoms. The van der Waals surface area contributed by atoms with Crippen LogP contribution in [-0.2, 0) is 0 Å². The molecule has 0 saturated heterocycles. The quantitative estimate of drug-likeness (QED) is 0.549. The molecule has 1 rings (SSSR count). The minimum absolute atomic E-state index is 0.625. The van der Waals surface area contributed by atoms with Crippen molar-refractivity contribution < 1.29 is 0 Å². The van der Waals surface area contributed by atoms with Crippen molar-refractivity contribution in [1.29, 1.82) is 0 Å². The van der Waals surface area contributed by atoms with Crippen LogP contribution >= 0.6 is 0 Å². The summed E-state index contributed by atoms with van der Waals surface area (Å²) in [6.45, 7) is 14.0. The van der Waals surface area contributed by atoms with Crippen LogP contribution in [0.25, 0.3) is 0 Å². The largest absolute Gasteiger partial charge is 0.0654 e. The number of rotatable bonds is 3. The first-order chi connectivity index (χ1) is 7.51. The van der Waals surface area contributed by atoms with Gasteiger partial charge >= 0.3 is 0 Å². The SMILES string of the molecule is CCC1CCC(C)(C)C(CC)C1.CCCC. The fraction of sp³-hybridized carbons (Fsp3) is 1.00. The van der Waals surface area contributed by atoms with Crippen LogP contribution in [0.15, 0.2) is 0 Å². The van der Waals surface area contributed by atoms with E-state index in [0.717, 1.165) is 11.8 Å². The molecule has 0 nitrogen and oxygen atoms in total. The summed E-state index contributed by atoms with van der Waals surface area (Å²) < 4.78 is 0. The van der Waals surface area contributed by atoms with Crippen LogP contribution in [0, 0.1) is 17.3 Å². The summed E-state index contributed by atoms with van der Waals surface area (Å²) >= 11 is 0. The highest BCUT2D eigenvalue weighted by Crippen LogP contribution is 2.45. The van der Waals surface area contributed by atoms with Gasteiger partial charge in [-0.25, -0.2) is 0 Å². The van der Waals surface area contributed by atoms with Crippen molar-refractivity contribution in [3.05, 3.63) is 0 Å². The molecule has 1 aliphatic carbocycles. The van der Waals surface area contributed by atoms with Gasteiger partial charge in [-0.1, -0.05) is 67.2 Å². The van der Waals surface area contributed by atoms with E-state index in [-0.39, 0.29) is 0 Å². The Morgan fingerprint density at radius 2 is 1.50 bits per heavy atom. The van der Waals surface area contributed by atoms with Crippen molar-refractivity contribution in [1.82, 2.24) is 0 Å². The van der Waals surface area contributed by atoms with Gasteiger partial charge in [-0.05, 0) is 36.5 Å². The molecule has 0 aromatic rings. The summed E-state index contributed by atoms with van der Waals surface area (Å²) in [5.74, 6) is 2.01. The monoisotopic (exact) mass is 226 g/mol. The molecule has 0 radical (unpaired) electrons. The van der Waals surface area contributed by atoms with Gasteiger partial charge in [-0.2, -0.15) is 0 Å². The van der Waals surface area contributed by atoms with Crippen molar-refractivity contribution >= 4 is 0 Å².